The van der Waals surface area contributed by atoms with E-state index in [0.717, 1.165) is 54.6 Å². The van der Waals surface area contributed by atoms with Crippen molar-refractivity contribution in [1.82, 2.24) is 0 Å². The molecule has 0 spiro atoms. The number of carbonyl (C=O) groups is 2. The topological polar surface area (TPSA) is 70.9 Å². The number of allylic oxidation sites excluding steroid dienone is 1. The zero-order chi connectivity index (χ0) is 17.8. The predicted molar refractivity (Wildman–Crippen MR) is 97.5 cm³/mol. The maximum absolute atomic E-state index is 12.0. The molecule has 0 saturated heterocycles. The van der Waals surface area contributed by atoms with Gasteiger partial charge < -0.3 is 5.32 Å². The van der Waals surface area contributed by atoms with Crippen LogP contribution in [0.3, 0.4) is 0 Å². The van der Waals surface area contributed by atoms with Crippen molar-refractivity contribution >= 4 is 29.1 Å². The van der Waals surface area contributed by atoms with E-state index in [1.165, 1.54) is 0 Å². The largest absolute Gasteiger partial charge is 0.326 e. The minimum Gasteiger partial charge on any atom is -0.326 e. The van der Waals surface area contributed by atoms with Crippen LogP contribution in [-0.2, 0) is 16.0 Å². The molecule has 1 atom stereocenters. The quantitative estimate of drug-likeness (QED) is 0.798. The van der Waals surface area contributed by atoms with E-state index in [2.05, 4.69) is 15.5 Å². The van der Waals surface area contributed by atoms with Crippen molar-refractivity contribution < 1.29 is 9.59 Å². The minimum atomic E-state index is -0.120. The first-order valence-electron chi connectivity index (χ1n) is 8.84. The lowest BCUT2D eigenvalue weighted by atomic mass is 9.81. The molecule has 1 aromatic rings. The fourth-order valence-electron chi connectivity index (χ4n) is 3.44. The average Bonchev–Trinajstić information content (AvgIpc) is 2.60. The second-order valence-electron chi connectivity index (χ2n) is 6.59. The van der Waals surface area contributed by atoms with E-state index in [9.17, 15) is 9.59 Å². The van der Waals surface area contributed by atoms with Crippen molar-refractivity contribution in [3.63, 3.8) is 0 Å². The number of rotatable bonds is 5. The lowest BCUT2D eigenvalue weighted by molar-refractivity contribution is -0.122. The van der Waals surface area contributed by atoms with Crippen molar-refractivity contribution in [2.24, 2.45) is 16.1 Å². The van der Waals surface area contributed by atoms with E-state index < -0.39 is 0 Å². The summed E-state index contributed by atoms with van der Waals surface area (Å²) in [6, 6.07) is 5.47. The Morgan fingerprint density at radius 3 is 2.96 bits per heavy atom. The number of fused-ring (bicyclic) bond motifs is 1. The molecular weight excluding hydrogens is 338 g/mol. The molecule has 1 saturated carbocycles. The van der Waals surface area contributed by atoms with Crippen molar-refractivity contribution in [3.05, 3.63) is 40.1 Å². The second-order valence-corrected chi connectivity index (χ2v) is 7.00. The Kier molecular flexibility index (Phi) is 5.63. The van der Waals surface area contributed by atoms with Crippen LogP contribution in [0.25, 0.3) is 0 Å². The highest BCUT2D eigenvalue weighted by Gasteiger charge is 2.31. The van der Waals surface area contributed by atoms with Crippen LogP contribution in [0.15, 0.2) is 39.7 Å². The summed E-state index contributed by atoms with van der Waals surface area (Å²) in [4.78, 5) is 23.8. The van der Waals surface area contributed by atoms with E-state index in [0.29, 0.717) is 17.9 Å². The van der Waals surface area contributed by atoms with Crippen molar-refractivity contribution in [2.45, 2.75) is 51.9 Å². The standard InChI is InChI=1S/C19H22ClN3O2/c1-2-5-18(24)21-13-8-9-16(20)12(10-13)11-17-14-6-3-4-7-15(14)19(25)23-22-17/h8-10,15H,2-7,11H2,1H3,(H,21,24). The number of nitrogens with one attached hydrogen (secondary N) is 1. The summed E-state index contributed by atoms with van der Waals surface area (Å²) < 4.78 is 0. The average molecular weight is 360 g/mol. The maximum atomic E-state index is 12.0. The Balaban J connectivity index is 1.83. The Hall–Kier alpha value is -2.01. The van der Waals surface area contributed by atoms with Gasteiger partial charge in [0, 0.05) is 23.6 Å². The monoisotopic (exact) mass is 359 g/mol. The van der Waals surface area contributed by atoms with E-state index >= 15 is 0 Å². The highest BCUT2D eigenvalue weighted by molar-refractivity contribution is 6.31. The van der Waals surface area contributed by atoms with Gasteiger partial charge in [-0.05, 0) is 55.0 Å². The number of halogens is 1. The molecule has 2 aliphatic rings. The van der Waals surface area contributed by atoms with Crippen molar-refractivity contribution in [1.29, 1.82) is 0 Å². The molecule has 1 aliphatic carbocycles. The summed E-state index contributed by atoms with van der Waals surface area (Å²) in [5.74, 6) is -0.231. The molecule has 0 aromatic heterocycles. The molecule has 5 nitrogen and oxygen atoms in total. The Bertz CT molecular complexity index is 755. The Morgan fingerprint density at radius 2 is 2.16 bits per heavy atom. The van der Waals surface area contributed by atoms with E-state index in [1.807, 2.05) is 13.0 Å². The van der Waals surface area contributed by atoms with E-state index in [4.69, 9.17) is 11.6 Å². The van der Waals surface area contributed by atoms with Gasteiger partial charge in [-0.2, -0.15) is 5.11 Å². The summed E-state index contributed by atoms with van der Waals surface area (Å²) in [5, 5.41) is 11.5. The molecule has 1 aromatic carbocycles. The first kappa shape index (κ1) is 17.8. The minimum absolute atomic E-state index is 0.00639. The van der Waals surface area contributed by atoms with Crippen LogP contribution < -0.4 is 5.32 Å². The third-order valence-electron chi connectivity index (χ3n) is 4.71. The molecule has 1 fully saturated rings. The Labute approximate surface area is 152 Å². The van der Waals surface area contributed by atoms with Crippen LogP contribution in [0.1, 0.15) is 51.0 Å². The first-order valence-corrected chi connectivity index (χ1v) is 9.22. The summed E-state index contributed by atoms with van der Waals surface area (Å²) in [7, 11) is 0. The zero-order valence-corrected chi connectivity index (χ0v) is 15.1. The molecule has 1 unspecified atom stereocenters. The molecule has 1 N–H and O–H groups in total. The van der Waals surface area contributed by atoms with Gasteiger partial charge in [0.15, 0.2) is 0 Å². The predicted octanol–water partition coefficient (Wildman–Crippen LogP) is 5.06. The van der Waals surface area contributed by atoms with Crippen LogP contribution in [-0.4, -0.2) is 11.8 Å². The van der Waals surface area contributed by atoms with Crippen molar-refractivity contribution in [3.8, 4) is 0 Å². The van der Waals surface area contributed by atoms with Crippen molar-refractivity contribution in [2.75, 3.05) is 5.32 Å². The number of hydrogen-bond acceptors (Lipinski definition) is 3. The summed E-state index contributed by atoms with van der Waals surface area (Å²) in [6.07, 6.45) is 5.72. The third-order valence-corrected chi connectivity index (χ3v) is 5.08. The third kappa shape index (κ3) is 4.15. The first-order chi connectivity index (χ1) is 12.1. The van der Waals surface area contributed by atoms with Gasteiger partial charge >= 0.3 is 0 Å². The SMILES string of the molecule is CCCC(=O)Nc1ccc(Cl)c(CC2=C3CCCCC3C(=O)N=N2)c1. The molecule has 2 amide bonds. The van der Waals surface area contributed by atoms with Crippen LogP contribution in [0.2, 0.25) is 5.02 Å². The Morgan fingerprint density at radius 1 is 1.32 bits per heavy atom. The van der Waals surface area contributed by atoms with E-state index in [1.54, 1.807) is 12.1 Å². The van der Waals surface area contributed by atoms with Gasteiger partial charge in [0.2, 0.25) is 5.91 Å². The molecule has 1 heterocycles. The summed E-state index contributed by atoms with van der Waals surface area (Å²) in [5.41, 5.74) is 3.58. The highest BCUT2D eigenvalue weighted by Crippen LogP contribution is 2.37. The summed E-state index contributed by atoms with van der Waals surface area (Å²) in [6.45, 7) is 1.97. The molecule has 3 rings (SSSR count). The lowest BCUT2D eigenvalue weighted by Gasteiger charge is -2.26. The molecule has 1 aliphatic heterocycles. The van der Waals surface area contributed by atoms with Crippen LogP contribution >= 0.6 is 11.6 Å². The molecule has 6 heteroatoms. The number of carbonyl (C=O) groups excluding carboxylic acids is 2. The van der Waals surface area contributed by atoms with Gasteiger partial charge in [0.1, 0.15) is 0 Å². The number of hydrogen-bond donors (Lipinski definition) is 1. The smallest absolute Gasteiger partial charge is 0.271 e. The fourth-order valence-corrected chi connectivity index (χ4v) is 3.63. The molecule has 132 valence electrons. The number of nitrogens with zero attached hydrogens (tertiary/aromatic N) is 2. The number of anilines is 1. The number of benzene rings is 1. The second kappa shape index (κ2) is 7.91. The molecular formula is C19H22ClN3O2. The molecule has 0 radical (unpaired) electrons. The van der Waals surface area contributed by atoms with Gasteiger partial charge in [-0.15, -0.1) is 5.11 Å². The van der Waals surface area contributed by atoms with Gasteiger partial charge in [-0.3, -0.25) is 9.59 Å². The summed E-state index contributed by atoms with van der Waals surface area (Å²) >= 11 is 6.34. The highest BCUT2D eigenvalue weighted by atomic mass is 35.5. The van der Waals surface area contributed by atoms with Crippen LogP contribution in [0, 0.1) is 5.92 Å². The molecule has 0 bridgehead atoms. The van der Waals surface area contributed by atoms with Gasteiger partial charge in [-0.25, -0.2) is 0 Å². The van der Waals surface area contributed by atoms with Gasteiger partial charge in [0.25, 0.3) is 5.91 Å². The van der Waals surface area contributed by atoms with Gasteiger partial charge in [0.05, 0.1) is 11.6 Å². The normalized spacial score (nSPS) is 19.8. The van der Waals surface area contributed by atoms with Gasteiger partial charge in [-0.1, -0.05) is 24.9 Å². The zero-order valence-electron chi connectivity index (χ0n) is 14.3. The number of azo groups is 1. The lowest BCUT2D eigenvalue weighted by Crippen LogP contribution is -2.23. The molecule has 25 heavy (non-hydrogen) atoms. The number of amides is 2. The fraction of sp³-hybridized carbons (Fsp3) is 0.474. The van der Waals surface area contributed by atoms with Crippen LogP contribution in [0.5, 0.6) is 0 Å². The van der Waals surface area contributed by atoms with E-state index in [-0.39, 0.29) is 17.7 Å². The maximum Gasteiger partial charge on any atom is 0.271 e. The van der Waals surface area contributed by atoms with Crippen LogP contribution in [0.4, 0.5) is 5.69 Å².